The maximum absolute atomic E-state index is 2.33. The van der Waals surface area contributed by atoms with Crippen LogP contribution in [-0.4, -0.2) is 0 Å². The van der Waals surface area contributed by atoms with Crippen molar-refractivity contribution in [2.75, 3.05) is 0 Å². The molecule has 0 saturated heterocycles. The van der Waals surface area contributed by atoms with E-state index in [1.807, 2.05) is 0 Å². The van der Waals surface area contributed by atoms with Crippen molar-refractivity contribution in [3.63, 3.8) is 0 Å². The minimum absolute atomic E-state index is 0.592. The van der Waals surface area contributed by atoms with Gasteiger partial charge in [-0.15, -0.1) is 0 Å². The molecule has 0 radical (unpaired) electrons. The summed E-state index contributed by atoms with van der Waals surface area (Å²) in [6, 6.07) is 6.75. The third-order valence-corrected chi connectivity index (χ3v) is 3.27. The zero-order chi connectivity index (χ0) is 10.3. The highest BCUT2D eigenvalue weighted by Gasteiger charge is 2.21. The molecule has 0 heteroatoms. The molecule has 2 aliphatic carbocycles. The smallest absolute Gasteiger partial charge is 0.0130 e. The van der Waals surface area contributed by atoms with Crippen molar-refractivity contribution in [1.29, 1.82) is 0 Å². The second-order valence-electron chi connectivity index (χ2n) is 4.35. The van der Waals surface area contributed by atoms with Gasteiger partial charge in [-0.2, -0.15) is 0 Å². The molecule has 0 saturated carbocycles. The number of hydrogen-bond acceptors (Lipinski definition) is 0. The van der Waals surface area contributed by atoms with Crippen molar-refractivity contribution >= 4 is 6.08 Å². The molecule has 3 rings (SSSR count). The lowest BCUT2D eigenvalue weighted by molar-refractivity contribution is 0.809. The van der Waals surface area contributed by atoms with E-state index in [0.29, 0.717) is 5.92 Å². The molecule has 1 aromatic rings. The number of benzene rings is 1. The van der Waals surface area contributed by atoms with E-state index in [1.54, 1.807) is 0 Å². The van der Waals surface area contributed by atoms with Crippen LogP contribution in [0.1, 0.15) is 29.0 Å². The van der Waals surface area contributed by atoms with Gasteiger partial charge in [0.1, 0.15) is 0 Å². The van der Waals surface area contributed by atoms with Gasteiger partial charge in [-0.3, -0.25) is 0 Å². The summed E-state index contributed by atoms with van der Waals surface area (Å²) in [5.74, 6) is 0.592. The molecule has 0 aromatic heterocycles. The molecule has 0 N–H and O–H groups in total. The van der Waals surface area contributed by atoms with Gasteiger partial charge in [-0.1, -0.05) is 54.1 Å². The first-order valence-electron chi connectivity index (χ1n) is 5.50. The molecule has 0 spiro atoms. The molecule has 0 bridgehead atoms. The fourth-order valence-electron chi connectivity index (χ4n) is 2.46. The van der Waals surface area contributed by atoms with E-state index in [9.17, 15) is 0 Å². The quantitative estimate of drug-likeness (QED) is 0.585. The van der Waals surface area contributed by atoms with Crippen LogP contribution in [-0.2, 0) is 0 Å². The summed E-state index contributed by atoms with van der Waals surface area (Å²) in [5, 5.41) is 0. The first kappa shape index (κ1) is 8.72. The molecule has 15 heavy (non-hydrogen) atoms. The van der Waals surface area contributed by atoms with Crippen LogP contribution in [0.3, 0.4) is 0 Å². The second kappa shape index (κ2) is 3.23. The normalized spacial score (nSPS) is 21.9. The van der Waals surface area contributed by atoms with Crippen LogP contribution in [0.5, 0.6) is 0 Å². The van der Waals surface area contributed by atoms with Crippen LogP contribution in [0, 0.1) is 6.92 Å². The second-order valence-corrected chi connectivity index (χ2v) is 4.35. The molecule has 1 unspecified atom stereocenters. The van der Waals surface area contributed by atoms with Crippen LogP contribution in [0.2, 0.25) is 0 Å². The van der Waals surface area contributed by atoms with Gasteiger partial charge in [0.15, 0.2) is 0 Å². The van der Waals surface area contributed by atoms with E-state index in [0.717, 1.165) is 6.42 Å². The number of allylic oxidation sites excluding steroid dienone is 5. The van der Waals surface area contributed by atoms with Crippen molar-refractivity contribution in [2.45, 2.75) is 19.3 Å². The van der Waals surface area contributed by atoms with Crippen molar-refractivity contribution in [3.8, 4) is 0 Å². The molecule has 0 nitrogen and oxygen atoms in total. The highest BCUT2D eigenvalue weighted by molar-refractivity contribution is 5.65. The van der Waals surface area contributed by atoms with Gasteiger partial charge in [0.05, 0.1) is 0 Å². The lowest BCUT2D eigenvalue weighted by Gasteiger charge is -2.25. The van der Waals surface area contributed by atoms with E-state index in [4.69, 9.17) is 0 Å². The first-order chi connectivity index (χ1) is 7.34. The molecule has 1 atom stereocenters. The fourth-order valence-corrected chi connectivity index (χ4v) is 2.46. The summed E-state index contributed by atoms with van der Waals surface area (Å²) in [6.07, 6.45) is 12.3. The van der Waals surface area contributed by atoms with Crippen molar-refractivity contribution < 1.29 is 0 Å². The Bertz CT molecular complexity index is 487. The Morgan fingerprint density at radius 1 is 1.20 bits per heavy atom. The third kappa shape index (κ3) is 1.37. The van der Waals surface area contributed by atoms with E-state index in [-0.39, 0.29) is 0 Å². The fraction of sp³-hybridized carbons (Fsp3) is 0.200. The minimum atomic E-state index is 0.592. The Morgan fingerprint density at radius 2 is 2.13 bits per heavy atom. The van der Waals surface area contributed by atoms with Crippen LogP contribution in [0.15, 0.2) is 48.1 Å². The predicted octanol–water partition coefficient (Wildman–Crippen LogP) is 3.99. The number of hydrogen-bond donors (Lipinski definition) is 0. The van der Waals surface area contributed by atoms with Crippen LogP contribution < -0.4 is 0 Å². The average molecular weight is 194 g/mol. The molecular formula is C15H14. The molecule has 2 aliphatic rings. The Kier molecular flexibility index (Phi) is 1.88. The standard InChI is InChI=1S/C15H14/c1-11-6-7-13-9-8-12-4-2-3-5-14(12)15(13)10-11/h2-4,6-10,14H,5H2,1H3. The minimum Gasteiger partial charge on any atom is -0.0836 e. The largest absolute Gasteiger partial charge is 0.0836 e. The van der Waals surface area contributed by atoms with E-state index >= 15 is 0 Å². The Hall–Kier alpha value is -1.56. The summed E-state index contributed by atoms with van der Waals surface area (Å²) in [7, 11) is 0. The van der Waals surface area contributed by atoms with Gasteiger partial charge in [-0.05, 0) is 30.0 Å². The van der Waals surface area contributed by atoms with Crippen LogP contribution >= 0.6 is 0 Å². The van der Waals surface area contributed by atoms with Crippen LogP contribution in [0.25, 0.3) is 6.08 Å². The summed E-state index contributed by atoms with van der Waals surface area (Å²) in [6.45, 7) is 2.17. The Labute approximate surface area is 90.6 Å². The molecule has 0 amide bonds. The van der Waals surface area contributed by atoms with E-state index < -0.39 is 0 Å². The molecule has 0 heterocycles. The van der Waals surface area contributed by atoms with Gasteiger partial charge < -0.3 is 0 Å². The lowest BCUT2D eigenvalue weighted by Crippen LogP contribution is -2.08. The molecule has 0 fully saturated rings. The molecule has 74 valence electrons. The lowest BCUT2D eigenvalue weighted by atomic mass is 9.79. The number of rotatable bonds is 0. The molecule has 0 aliphatic heterocycles. The summed E-state index contributed by atoms with van der Waals surface area (Å²) in [5.41, 5.74) is 5.69. The van der Waals surface area contributed by atoms with Gasteiger partial charge in [0, 0.05) is 5.92 Å². The molecular weight excluding hydrogens is 180 g/mol. The van der Waals surface area contributed by atoms with Gasteiger partial charge >= 0.3 is 0 Å². The monoisotopic (exact) mass is 194 g/mol. The van der Waals surface area contributed by atoms with E-state index in [1.165, 1.54) is 22.3 Å². The van der Waals surface area contributed by atoms with Crippen molar-refractivity contribution in [1.82, 2.24) is 0 Å². The number of fused-ring (bicyclic) bond motifs is 3. The van der Waals surface area contributed by atoms with Gasteiger partial charge in [0.2, 0.25) is 0 Å². The maximum atomic E-state index is 2.33. The summed E-state index contributed by atoms with van der Waals surface area (Å²) >= 11 is 0. The first-order valence-corrected chi connectivity index (χ1v) is 5.50. The van der Waals surface area contributed by atoms with Crippen molar-refractivity contribution in [3.05, 3.63) is 64.8 Å². The van der Waals surface area contributed by atoms with Gasteiger partial charge in [-0.25, -0.2) is 0 Å². The highest BCUT2D eigenvalue weighted by Crippen LogP contribution is 2.38. The van der Waals surface area contributed by atoms with Crippen molar-refractivity contribution in [2.24, 2.45) is 0 Å². The molecule has 1 aromatic carbocycles. The maximum Gasteiger partial charge on any atom is 0.0130 e. The SMILES string of the molecule is Cc1ccc2c(c1)C1CC=CC=C1C=C2. The predicted molar refractivity (Wildman–Crippen MR) is 64.8 cm³/mol. The zero-order valence-electron chi connectivity index (χ0n) is 8.90. The Balaban J connectivity index is 2.18. The van der Waals surface area contributed by atoms with Gasteiger partial charge in [0.25, 0.3) is 0 Å². The van der Waals surface area contributed by atoms with E-state index in [2.05, 4.69) is 55.5 Å². The summed E-state index contributed by atoms with van der Waals surface area (Å²) < 4.78 is 0. The average Bonchev–Trinajstić information content (AvgIpc) is 2.29. The Morgan fingerprint density at radius 3 is 3.07 bits per heavy atom. The number of aryl methyl sites for hydroxylation is 1. The topological polar surface area (TPSA) is 0 Å². The highest BCUT2D eigenvalue weighted by atomic mass is 14.2. The zero-order valence-corrected chi connectivity index (χ0v) is 8.90. The third-order valence-electron chi connectivity index (χ3n) is 3.27. The summed E-state index contributed by atoms with van der Waals surface area (Å²) in [4.78, 5) is 0. The van der Waals surface area contributed by atoms with Crippen LogP contribution in [0.4, 0.5) is 0 Å².